The van der Waals surface area contributed by atoms with E-state index >= 15 is 0 Å². The lowest BCUT2D eigenvalue weighted by Crippen LogP contribution is -2.47. The van der Waals surface area contributed by atoms with Gasteiger partial charge in [-0.15, -0.1) is 6.42 Å². The van der Waals surface area contributed by atoms with Gasteiger partial charge >= 0.3 is 0 Å². The van der Waals surface area contributed by atoms with Crippen LogP contribution in [0.3, 0.4) is 0 Å². The fourth-order valence-electron chi connectivity index (χ4n) is 1.37. The highest BCUT2D eigenvalue weighted by atomic mass is 16.5. The van der Waals surface area contributed by atoms with Crippen LogP contribution in [0.25, 0.3) is 0 Å². The fourth-order valence-corrected chi connectivity index (χ4v) is 1.37. The van der Waals surface area contributed by atoms with E-state index in [-0.39, 0.29) is 6.10 Å². The van der Waals surface area contributed by atoms with Crippen molar-refractivity contribution in [2.24, 2.45) is 0 Å². The Kier molecular flexibility index (Phi) is 4.09. The summed E-state index contributed by atoms with van der Waals surface area (Å²) >= 11 is 0. The molecule has 1 fully saturated rings. The Morgan fingerprint density at radius 3 is 3.25 bits per heavy atom. The number of rotatable bonds is 3. The van der Waals surface area contributed by atoms with Crippen LogP contribution in [-0.4, -0.2) is 39.0 Å². The van der Waals surface area contributed by atoms with E-state index in [1.165, 1.54) is 0 Å². The van der Waals surface area contributed by atoms with Crippen LogP contribution in [0.5, 0.6) is 0 Å². The average Bonchev–Trinajstić information content (AvgIpc) is 2.15. The molecule has 1 aliphatic rings. The van der Waals surface area contributed by atoms with Crippen molar-refractivity contribution in [1.29, 1.82) is 0 Å². The van der Waals surface area contributed by atoms with E-state index in [9.17, 15) is 0 Å². The summed E-state index contributed by atoms with van der Waals surface area (Å²) in [5, 5.41) is 3.23. The Labute approximate surface area is 73.4 Å². The molecule has 68 valence electrons. The minimum atomic E-state index is 0.145. The quantitative estimate of drug-likeness (QED) is 0.604. The van der Waals surface area contributed by atoms with Crippen LogP contribution >= 0.6 is 0 Å². The highest BCUT2D eigenvalue weighted by molar-refractivity contribution is 4.90. The first kappa shape index (κ1) is 9.53. The first-order valence-corrected chi connectivity index (χ1v) is 4.16. The lowest BCUT2D eigenvalue weighted by Gasteiger charge is -2.30. The molecule has 12 heavy (non-hydrogen) atoms. The van der Waals surface area contributed by atoms with Crippen LogP contribution in [-0.2, 0) is 9.47 Å². The van der Waals surface area contributed by atoms with Crippen LogP contribution in [0.1, 0.15) is 6.42 Å². The van der Waals surface area contributed by atoms with Gasteiger partial charge in [-0.1, -0.05) is 5.92 Å². The normalized spacial score (nSPS) is 29.7. The van der Waals surface area contributed by atoms with Crippen LogP contribution in [0.4, 0.5) is 0 Å². The lowest BCUT2D eigenvalue weighted by molar-refractivity contribution is -0.0488. The molecule has 0 spiro atoms. The minimum absolute atomic E-state index is 0.145. The summed E-state index contributed by atoms with van der Waals surface area (Å²) in [7, 11) is 1.70. The number of ether oxygens (including phenoxy) is 2. The van der Waals surface area contributed by atoms with E-state index in [0.717, 1.165) is 13.0 Å². The second kappa shape index (κ2) is 5.15. The smallest absolute Gasteiger partial charge is 0.0958 e. The third-order valence-electron chi connectivity index (χ3n) is 2.07. The standard InChI is InChI=1S/C9H15NO2/c1-3-5-10-8-4-6-12-7-9(8)11-2/h1,8-10H,4-7H2,2H3/t8-,9-/m1/s1. The zero-order chi connectivity index (χ0) is 8.81. The third-order valence-corrected chi connectivity index (χ3v) is 2.07. The maximum absolute atomic E-state index is 5.27. The molecule has 1 heterocycles. The van der Waals surface area contributed by atoms with Crippen molar-refractivity contribution in [3.63, 3.8) is 0 Å². The van der Waals surface area contributed by atoms with Crippen molar-refractivity contribution >= 4 is 0 Å². The van der Waals surface area contributed by atoms with Crippen LogP contribution < -0.4 is 5.32 Å². The zero-order valence-corrected chi connectivity index (χ0v) is 7.38. The van der Waals surface area contributed by atoms with E-state index < -0.39 is 0 Å². The molecule has 1 N–H and O–H groups in total. The van der Waals surface area contributed by atoms with Gasteiger partial charge in [0.25, 0.3) is 0 Å². The Morgan fingerprint density at radius 2 is 2.58 bits per heavy atom. The van der Waals surface area contributed by atoms with Gasteiger partial charge in [0.05, 0.1) is 19.3 Å². The Balaban J connectivity index is 2.32. The summed E-state index contributed by atoms with van der Waals surface area (Å²) in [6.07, 6.45) is 6.27. The topological polar surface area (TPSA) is 30.5 Å². The highest BCUT2D eigenvalue weighted by Gasteiger charge is 2.24. The molecule has 0 unspecified atom stereocenters. The van der Waals surface area contributed by atoms with Gasteiger partial charge in [0, 0.05) is 19.8 Å². The summed E-state index contributed by atoms with van der Waals surface area (Å²) in [6.45, 7) is 2.06. The van der Waals surface area contributed by atoms with E-state index in [1.807, 2.05) is 0 Å². The lowest BCUT2D eigenvalue weighted by atomic mass is 10.1. The molecule has 3 heteroatoms. The van der Waals surface area contributed by atoms with Crippen molar-refractivity contribution in [3.05, 3.63) is 0 Å². The van der Waals surface area contributed by atoms with Crippen molar-refractivity contribution in [3.8, 4) is 12.3 Å². The van der Waals surface area contributed by atoms with E-state index in [4.69, 9.17) is 15.9 Å². The molecular formula is C9H15NO2. The van der Waals surface area contributed by atoms with Gasteiger partial charge in [-0.05, 0) is 6.42 Å². The van der Waals surface area contributed by atoms with E-state index in [2.05, 4.69) is 11.2 Å². The molecule has 0 saturated carbocycles. The van der Waals surface area contributed by atoms with Gasteiger partial charge in [0.1, 0.15) is 0 Å². The predicted molar refractivity (Wildman–Crippen MR) is 46.9 cm³/mol. The second-order valence-corrected chi connectivity index (χ2v) is 2.83. The molecule has 1 aliphatic heterocycles. The molecule has 0 aromatic carbocycles. The SMILES string of the molecule is C#CCN[C@@H]1CCOC[C@H]1OC. The van der Waals surface area contributed by atoms with Gasteiger partial charge in [0.2, 0.25) is 0 Å². The van der Waals surface area contributed by atoms with E-state index in [0.29, 0.717) is 19.2 Å². The summed E-state index contributed by atoms with van der Waals surface area (Å²) < 4.78 is 10.5. The number of methoxy groups -OCH3 is 1. The number of hydrogen-bond donors (Lipinski definition) is 1. The van der Waals surface area contributed by atoms with Gasteiger partial charge in [-0.25, -0.2) is 0 Å². The maximum Gasteiger partial charge on any atom is 0.0958 e. The van der Waals surface area contributed by atoms with Crippen LogP contribution in [0.15, 0.2) is 0 Å². The number of terminal acetylenes is 1. The Morgan fingerprint density at radius 1 is 1.75 bits per heavy atom. The zero-order valence-electron chi connectivity index (χ0n) is 7.38. The molecule has 0 bridgehead atoms. The average molecular weight is 169 g/mol. The minimum Gasteiger partial charge on any atom is -0.379 e. The molecule has 0 aliphatic carbocycles. The van der Waals surface area contributed by atoms with Crippen molar-refractivity contribution in [2.75, 3.05) is 26.9 Å². The molecule has 1 rings (SSSR count). The Bertz CT molecular complexity index is 164. The summed E-state index contributed by atoms with van der Waals surface area (Å²) in [6, 6.07) is 0.347. The Hall–Kier alpha value is -0.560. The molecule has 0 aromatic heterocycles. The molecule has 2 atom stereocenters. The van der Waals surface area contributed by atoms with Gasteiger partial charge < -0.3 is 14.8 Å². The van der Waals surface area contributed by atoms with Crippen molar-refractivity contribution in [1.82, 2.24) is 5.32 Å². The maximum atomic E-state index is 5.27. The third kappa shape index (κ3) is 2.49. The monoisotopic (exact) mass is 169 g/mol. The molecule has 0 radical (unpaired) electrons. The molecular weight excluding hydrogens is 154 g/mol. The summed E-state index contributed by atoms with van der Waals surface area (Å²) in [5.41, 5.74) is 0. The first-order valence-electron chi connectivity index (χ1n) is 4.16. The summed E-state index contributed by atoms with van der Waals surface area (Å²) in [4.78, 5) is 0. The van der Waals surface area contributed by atoms with Crippen LogP contribution in [0.2, 0.25) is 0 Å². The molecule has 0 amide bonds. The molecule has 3 nitrogen and oxygen atoms in total. The summed E-state index contributed by atoms with van der Waals surface area (Å²) in [5.74, 6) is 2.55. The largest absolute Gasteiger partial charge is 0.379 e. The second-order valence-electron chi connectivity index (χ2n) is 2.83. The number of hydrogen-bond acceptors (Lipinski definition) is 3. The first-order chi connectivity index (χ1) is 5.88. The van der Waals surface area contributed by atoms with Gasteiger partial charge in [-0.3, -0.25) is 0 Å². The van der Waals surface area contributed by atoms with Crippen molar-refractivity contribution < 1.29 is 9.47 Å². The van der Waals surface area contributed by atoms with Crippen LogP contribution in [0, 0.1) is 12.3 Å². The van der Waals surface area contributed by atoms with Crippen molar-refractivity contribution in [2.45, 2.75) is 18.6 Å². The highest BCUT2D eigenvalue weighted by Crippen LogP contribution is 2.09. The fraction of sp³-hybridized carbons (Fsp3) is 0.778. The molecule has 1 saturated heterocycles. The predicted octanol–water partition coefficient (Wildman–Crippen LogP) is 0.0131. The van der Waals surface area contributed by atoms with Gasteiger partial charge in [0.15, 0.2) is 0 Å². The molecule has 0 aromatic rings. The van der Waals surface area contributed by atoms with E-state index in [1.54, 1.807) is 7.11 Å². The number of nitrogens with one attached hydrogen (secondary N) is 1. The van der Waals surface area contributed by atoms with Gasteiger partial charge in [-0.2, -0.15) is 0 Å².